The van der Waals surface area contributed by atoms with Crippen molar-refractivity contribution in [1.29, 1.82) is 0 Å². The number of allylic oxidation sites excluding steroid dienone is 2. The molecule has 5 unspecified atom stereocenters. The third-order valence-electron chi connectivity index (χ3n) is 6.88. The van der Waals surface area contributed by atoms with Gasteiger partial charge >= 0.3 is 11.9 Å². The van der Waals surface area contributed by atoms with Gasteiger partial charge in [-0.2, -0.15) is 0 Å². The molecule has 3 rings (SSSR count). The van der Waals surface area contributed by atoms with Crippen LogP contribution in [0.15, 0.2) is 35.3 Å². The van der Waals surface area contributed by atoms with Gasteiger partial charge < -0.3 is 9.47 Å². The van der Waals surface area contributed by atoms with Crippen LogP contribution in [-0.4, -0.2) is 29.1 Å². The van der Waals surface area contributed by atoms with E-state index >= 15 is 0 Å². The zero-order chi connectivity index (χ0) is 24.0. The minimum Gasteiger partial charge on any atom is -0.462 e. The molecule has 0 radical (unpaired) electrons. The summed E-state index contributed by atoms with van der Waals surface area (Å²) in [5, 5.41) is 2.90. The largest absolute Gasteiger partial charge is 0.462 e. The summed E-state index contributed by atoms with van der Waals surface area (Å²) >= 11 is 1.56. The second kappa shape index (κ2) is 11.8. The van der Waals surface area contributed by atoms with Gasteiger partial charge in [0.2, 0.25) is 0 Å². The zero-order valence-corrected chi connectivity index (χ0v) is 21.3. The van der Waals surface area contributed by atoms with Crippen molar-refractivity contribution >= 4 is 29.4 Å². The van der Waals surface area contributed by atoms with Gasteiger partial charge in [-0.3, -0.25) is 4.79 Å². The van der Waals surface area contributed by atoms with Gasteiger partial charge in [-0.15, -0.1) is 11.3 Å². The summed E-state index contributed by atoms with van der Waals surface area (Å²) < 4.78 is 11.6. The van der Waals surface area contributed by atoms with E-state index in [1.165, 1.54) is 18.6 Å². The number of ether oxygens (including phenoxy) is 2. The Balaban J connectivity index is 1.79. The molecular weight excluding hydrogens is 434 g/mol. The Morgan fingerprint density at radius 1 is 1.09 bits per heavy atom. The number of nitrogens with zero attached hydrogens (tertiary/aromatic N) is 1. The molecule has 6 heteroatoms. The fourth-order valence-electron chi connectivity index (χ4n) is 5.27. The number of rotatable bonds is 5. The Bertz CT molecular complexity index is 913. The highest BCUT2D eigenvalue weighted by Gasteiger charge is 2.38. The monoisotopic (exact) mass is 471 g/mol. The van der Waals surface area contributed by atoms with E-state index in [0.717, 1.165) is 30.0 Å². The number of aryl methyl sites for hydroxylation is 1. The van der Waals surface area contributed by atoms with E-state index in [-0.39, 0.29) is 24.1 Å². The fourth-order valence-corrected chi connectivity index (χ4v) is 5.85. The number of hydrogen-bond acceptors (Lipinski definition) is 6. The van der Waals surface area contributed by atoms with Crippen LogP contribution in [0.4, 0.5) is 0 Å². The van der Waals surface area contributed by atoms with Gasteiger partial charge in [0, 0.05) is 31.2 Å². The minimum absolute atomic E-state index is 0.109. The normalized spacial score (nSPS) is 29.3. The van der Waals surface area contributed by atoms with E-state index in [0.29, 0.717) is 36.5 Å². The van der Waals surface area contributed by atoms with Crippen molar-refractivity contribution in [3.63, 3.8) is 0 Å². The van der Waals surface area contributed by atoms with Gasteiger partial charge in [0.05, 0.1) is 10.7 Å². The summed E-state index contributed by atoms with van der Waals surface area (Å²) in [5.74, 6) is 1.19. The number of fused-ring (bicyclic) bond motifs is 1. The maximum Gasteiger partial charge on any atom is 0.331 e. The second-order valence-corrected chi connectivity index (χ2v) is 10.8. The molecule has 0 aliphatic heterocycles. The quantitative estimate of drug-likeness (QED) is 0.287. The Morgan fingerprint density at radius 2 is 1.79 bits per heavy atom. The molecule has 2 aliphatic carbocycles. The number of hydrogen-bond donors (Lipinski definition) is 0. The Hall–Kier alpha value is -2.21. The van der Waals surface area contributed by atoms with Crippen LogP contribution in [0.25, 0.3) is 6.08 Å². The van der Waals surface area contributed by atoms with Gasteiger partial charge in [0.25, 0.3) is 0 Å². The van der Waals surface area contributed by atoms with Crippen molar-refractivity contribution in [2.45, 2.75) is 78.9 Å². The smallest absolute Gasteiger partial charge is 0.331 e. The summed E-state index contributed by atoms with van der Waals surface area (Å²) in [7, 11) is 0. The predicted octanol–water partition coefficient (Wildman–Crippen LogP) is 6.29. The molecule has 1 heterocycles. The lowest BCUT2D eigenvalue weighted by Gasteiger charge is -2.42. The molecule has 0 saturated heterocycles. The van der Waals surface area contributed by atoms with Gasteiger partial charge in [-0.1, -0.05) is 37.6 Å². The highest BCUT2D eigenvalue weighted by atomic mass is 32.1. The molecule has 180 valence electrons. The molecule has 0 saturated carbocycles. The van der Waals surface area contributed by atoms with Crippen LogP contribution in [0.1, 0.15) is 70.5 Å². The van der Waals surface area contributed by atoms with Gasteiger partial charge in [-0.25, -0.2) is 9.78 Å². The van der Waals surface area contributed by atoms with E-state index in [4.69, 9.17) is 9.47 Å². The Morgan fingerprint density at radius 3 is 2.39 bits per heavy atom. The van der Waals surface area contributed by atoms with Crippen LogP contribution >= 0.6 is 11.3 Å². The molecule has 5 nitrogen and oxygen atoms in total. The lowest BCUT2D eigenvalue weighted by Crippen LogP contribution is -2.37. The SMILES string of the molecule is CC(=O)OC1C/C=C\CC(OC(=O)C=Cc2csc(C)n2)CC2C(C)=CCC(C(C)C)C2C1. The van der Waals surface area contributed by atoms with Gasteiger partial charge in [0.15, 0.2) is 0 Å². The lowest BCUT2D eigenvalue weighted by atomic mass is 9.64. The molecular formula is C27H37NO4S. The molecule has 33 heavy (non-hydrogen) atoms. The van der Waals surface area contributed by atoms with Gasteiger partial charge in [0.1, 0.15) is 12.2 Å². The van der Waals surface area contributed by atoms with Crippen LogP contribution in [0.2, 0.25) is 0 Å². The topological polar surface area (TPSA) is 65.5 Å². The molecule has 0 bridgehead atoms. The van der Waals surface area contributed by atoms with E-state index < -0.39 is 0 Å². The third-order valence-corrected chi connectivity index (χ3v) is 7.67. The highest BCUT2D eigenvalue weighted by Crippen LogP contribution is 2.44. The number of esters is 2. The van der Waals surface area contributed by atoms with Crippen molar-refractivity contribution < 1.29 is 19.1 Å². The molecule has 0 N–H and O–H groups in total. The molecule has 0 aromatic carbocycles. The Labute approximate surface area is 202 Å². The van der Waals surface area contributed by atoms with Crippen molar-refractivity contribution in [3.05, 3.63) is 46.0 Å². The van der Waals surface area contributed by atoms with Crippen molar-refractivity contribution in [2.75, 3.05) is 0 Å². The number of carbonyl (C=O) groups is 2. The minimum atomic E-state index is -0.330. The van der Waals surface area contributed by atoms with Crippen LogP contribution in [0, 0.1) is 30.6 Å². The first kappa shape index (κ1) is 25.4. The average molecular weight is 472 g/mol. The maximum atomic E-state index is 12.6. The van der Waals surface area contributed by atoms with Crippen molar-refractivity contribution in [2.24, 2.45) is 23.7 Å². The van der Waals surface area contributed by atoms with Crippen LogP contribution in [-0.2, 0) is 19.1 Å². The Kier molecular flexibility index (Phi) is 9.07. The fraction of sp³-hybridized carbons (Fsp3) is 0.593. The molecule has 2 aliphatic rings. The molecule has 5 atom stereocenters. The lowest BCUT2D eigenvalue weighted by molar-refractivity contribution is -0.148. The molecule has 0 spiro atoms. The molecule has 1 aromatic rings. The highest BCUT2D eigenvalue weighted by molar-refractivity contribution is 7.09. The van der Waals surface area contributed by atoms with Gasteiger partial charge in [-0.05, 0) is 62.9 Å². The van der Waals surface area contributed by atoms with E-state index in [2.05, 4.69) is 44.0 Å². The summed E-state index contributed by atoms with van der Waals surface area (Å²) in [4.78, 5) is 28.7. The summed E-state index contributed by atoms with van der Waals surface area (Å²) in [6.07, 6.45) is 13.4. The summed E-state index contributed by atoms with van der Waals surface area (Å²) in [6.45, 7) is 10.2. The van der Waals surface area contributed by atoms with E-state index in [1.54, 1.807) is 17.4 Å². The molecule has 0 amide bonds. The third kappa shape index (κ3) is 7.39. The van der Waals surface area contributed by atoms with E-state index in [9.17, 15) is 9.59 Å². The van der Waals surface area contributed by atoms with Crippen molar-refractivity contribution in [1.82, 2.24) is 4.98 Å². The predicted molar refractivity (Wildman–Crippen MR) is 133 cm³/mol. The number of thiazole rings is 1. The molecule has 1 aromatic heterocycles. The first-order valence-corrected chi connectivity index (χ1v) is 12.9. The summed E-state index contributed by atoms with van der Waals surface area (Å²) in [5.41, 5.74) is 2.14. The van der Waals surface area contributed by atoms with Crippen LogP contribution in [0.5, 0.6) is 0 Å². The second-order valence-electron chi connectivity index (χ2n) is 9.69. The standard InChI is InChI=1S/C27H37NO4S/c1-17(2)24-12-10-18(3)25-14-23(32-27(30)13-11-21-16-33-19(4)28-21)9-7-6-8-22(15-26(24)25)31-20(5)29/h6-7,10-11,13,16-17,22-26H,8-9,12,14-15H2,1-5H3/b7-6-,13-11?. The first-order chi connectivity index (χ1) is 15.7. The van der Waals surface area contributed by atoms with Crippen molar-refractivity contribution in [3.8, 4) is 0 Å². The molecule has 0 fully saturated rings. The number of carbonyl (C=O) groups excluding carboxylic acids is 2. The summed E-state index contributed by atoms with van der Waals surface area (Å²) in [6, 6.07) is 0. The van der Waals surface area contributed by atoms with E-state index in [1.807, 2.05) is 12.3 Å². The maximum absolute atomic E-state index is 12.6. The van der Waals surface area contributed by atoms with Crippen LogP contribution < -0.4 is 0 Å². The number of aromatic nitrogens is 1. The average Bonchev–Trinajstić information content (AvgIpc) is 3.16. The first-order valence-electron chi connectivity index (χ1n) is 12.0. The van der Waals surface area contributed by atoms with Crippen LogP contribution in [0.3, 0.4) is 0 Å². The zero-order valence-electron chi connectivity index (χ0n) is 20.5.